The molecule has 1 amide bonds. The van der Waals surface area contributed by atoms with E-state index >= 15 is 0 Å². The summed E-state index contributed by atoms with van der Waals surface area (Å²) in [5.74, 6) is -1.65. The van der Waals surface area contributed by atoms with Gasteiger partial charge < -0.3 is 9.88 Å². The molecule has 0 atom stereocenters. The molecule has 38 heavy (non-hydrogen) atoms. The van der Waals surface area contributed by atoms with Crippen LogP contribution in [0.25, 0.3) is 22.1 Å². The molecule has 5 rings (SSSR count). The number of amides is 1. The summed E-state index contributed by atoms with van der Waals surface area (Å²) >= 11 is 0. The number of aromatic nitrogens is 4. The van der Waals surface area contributed by atoms with Gasteiger partial charge in [-0.25, -0.2) is 18.0 Å². The van der Waals surface area contributed by atoms with Crippen LogP contribution < -0.4 is 5.32 Å². The number of hydrogen-bond acceptors (Lipinski definition) is 7. The highest BCUT2D eigenvalue weighted by Gasteiger charge is 2.38. The molecule has 0 radical (unpaired) electrons. The minimum Gasteiger partial charge on any atom is -0.348 e. The van der Waals surface area contributed by atoms with Crippen molar-refractivity contribution in [2.45, 2.75) is 31.1 Å². The molecule has 9 nitrogen and oxygen atoms in total. The molecule has 0 saturated carbocycles. The van der Waals surface area contributed by atoms with Gasteiger partial charge in [0, 0.05) is 17.7 Å². The number of alkyl halides is 3. The average molecular weight is 544 g/mol. The van der Waals surface area contributed by atoms with Crippen LogP contribution in [-0.2, 0) is 29.1 Å². The zero-order valence-corrected chi connectivity index (χ0v) is 20.7. The predicted molar refractivity (Wildman–Crippen MR) is 131 cm³/mol. The lowest BCUT2D eigenvalue weighted by molar-refractivity contribution is -0.146. The van der Waals surface area contributed by atoms with Crippen molar-refractivity contribution in [3.05, 3.63) is 83.2 Å². The number of rotatable bonds is 7. The van der Waals surface area contributed by atoms with Gasteiger partial charge in [0.2, 0.25) is 5.82 Å². The number of benzene rings is 3. The molecule has 3 aromatic carbocycles. The predicted octanol–water partition coefficient (Wildman–Crippen LogP) is 4.36. The van der Waals surface area contributed by atoms with Crippen molar-refractivity contribution < 1.29 is 31.0 Å². The first-order chi connectivity index (χ1) is 18.1. The highest BCUT2D eigenvalue weighted by Crippen LogP contribution is 2.33. The Labute approximate surface area is 214 Å². The Morgan fingerprint density at radius 2 is 1.79 bits per heavy atom. The summed E-state index contributed by atoms with van der Waals surface area (Å²) in [6, 6.07) is 15.2. The quantitative estimate of drug-likeness (QED) is 0.324. The van der Waals surface area contributed by atoms with Gasteiger partial charge in [0.15, 0.2) is 9.84 Å². The van der Waals surface area contributed by atoms with Crippen molar-refractivity contribution in [3.63, 3.8) is 0 Å². The second-order valence-corrected chi connectivity index (χ2v) is 10.8. The average Bonchev–Trinajstić information content (AvgIpc) is 3.53. The van der Waals surface area contributed by atoms with E-state index in [0.717, 1.165) is 4.57 Å². The Kier molecular flexibility index (Phi) is 6.39. The first-order valence-electron chi connectivity index (χ1n) is 11.4. The van der Waals surface area contributed by atoms with Crippen molar-refractivity contribution in [1.29, 1.82) is 0 Å². The van der Waals surface area contributed by atoms with E-state index in [9.17, 15) is 26.4 Å². The number of sulfone groups is 1. The van der Waals surface area contributed by atoms with Crippen molar-refractivity contribution >= 4 is 37.8 Å². The molecule has 0 unspecified atom stereocenters. The number of nitrogens with zero attached hydrogens (tertiary/aromatic N) is 4. The van der Waals surface area contributed by atoms with Crippen molar-refractivity contribution in [2.75, 3.05) is 5.75 Å². The largest absolute Gasteiger partial charge is 0.449 e. The molecule has 5 aromatic rings. The van der Waals surface area contributed by atoms with Crippen LogP contribution in [-0.4, -0.2) is 39.9 Å². The second kappa shape index (κ2) is 9.56. The smallest absolute Gasteiger partial charge is 0.348 e. The number of halogens is 3. The molecule has 0 spiro atoms. The van der Waals surface area contributed by atoms with Gasteiger partial charge in [-0.05, 0) is 52.3 Å². The molecule has 0 saturated heterocycles. The van der Waals surface area contributed by atoms with Gasteiger partial charge in [0.1, 0.15) is 11.0 Å². The van der Waals surface area contributed by atoms with Crippen LogP contribution in [0.3, 0.4) is 0 Å². The lowest BCUT2D eigenvalue weighted by Crippen LogP contribution is -2.22. The number of fused-ring (bicyclic) bond motifs is 2. The number of hydrogen-bond donors (Lipinski definition) is 1. The van der Waals surface area contributed by atoms with E-state index in [1.807, 2.05) is 0 Å². The van der Waals surface area contributed by atoms with Crippen molar-refractivity contribution in [2.24, 2.45) is 0 Å². The van der Waals surface area contributed by atoms with Crippen LogP contribution in [0.5, 0.6) is 0 Å². The summed E-state index contributed by atoms with van der Waals surface area (Å²) in [5, 5.41) is 10.2. The topological polar surface area (TPSA) is 120 Å². The molecular weight excluding hydrogens is 523 g/mol. The van der Waals surface area contributed by atoms with E-state index in [1.165, 1.54) is 30.3 Å². The number of nitrogens with one attached hydrogen (secondary N) is 1. The molecule has 0 fully saturated rings. The maximum Gasteiger partial charge on any atom is 0.449 e. The lowest BCUT2D eigenvalue weighted by Gasteiger charge is -2.11. The van der Waals surface area contributed by atoms with Crippen LogP contribution in [0, 0.1) is 0 Å². The lowest BCUT2D eigenvalue weighted by atomic mass is 10.1. The fourth-order valence-corrected chi connectivity index (χ4v) is 4.96. The van der Waals surface area contributed by atoms with Gasteiger partial charge >= 0.3 is 6.18 Å². The van der Waals surface area contributed by atoms with Gasteiger partial charge in [-0.15, -0.1) is 0 Å². The Morgan fingerprint density at radius 3 is 2.50 bits per heavy atom. The molecule has 0 aliphatic rings. The maximum atomic E-state index is 13.9. The van der Waals surface area contributed by atoms with Crippen LogP contribution >= 0.6 is 0 Å². The van der Waals surface area contributed by atoms with Gasteiger partial charge in [-0.3, -0.25) is 4.79 Å². The SMILES string of the molecule is CCS(=O)(=O)c1ccc(CNC(=O)c2ccc3c(c2)nc(C(F)(F)F)n3Cc2cccc3nonc23)cc1. The standard InChI is InChI=1S/C25H20F3N5O4S/c1-2-38(35,36)18-9-6-15(7-10-18)13-29-23(34)16-8-11-21-20(12-16)30-24(25(26,27)28)33(21)14-17-4-3-5-19-22(17)32-37-31-19/h3-12H,2,13-14H2,1H3,(H,29,34). The van der Waals surface area contributed by atoms with E-state index < -0.39 is 27.7 Å². The third kappa shape index (κ3) is 4.84. The summed E-state index contributed by atoms with van der Waals surface area (Å²) in [4.78, 5) is 16.7. The monoisotopic (exact) mass is 543 g/mol. The summed E-state index contributed by atoms with van der Waals surface area (Å²) in [6.45, 7) is 1.46. The first-order valence-corrected chi connectivity index (χ1v) is 13.1. The molecule has 1 N–H and O–H groups in total. The van der Waals surface area contributed by atoms with E-state index in [4.69, 9.17) is 4.63 Å². The molecule has 13 heteroatoms. The number of carbonyl (C=O) groups excluding carboxylic acids is 1. The molecule has 196 valence electrons. The zero-order valence-electron chi connectivity index (χ0n) is 19.9. The molecular formula is C25H20F3N5O4S. The summed E-state index contributed by atoms with van der Waals surface area (Å²) in [6.07, 6.45) is -4.74. The second-order valence-electron chi connectivity index (χ2n) is 8.50. The fraction of sp³-hybridized carbons (Fsp3) is 0.200. The van der Waals surface area contributed by atoms with Gasteiger partial charge in [0.25, 0.3) is 5.91 Å². The zero-order chi connectivity index (χ0) is 27.1. The summed E-state index contributed by atoms with van der Waals surface area (Å²) < 4.78 is 71.3. The Hall–Kier alpha value is -4.26. The van der Waals surface area contributed by atoms with Crippen molar-refractivity contribution in [1.82, 2.24) is 25.2 Å². The molecule has 0 bridgehead atoms. The highest BCUT2D eigenvalue weighted by atomic mass is 32.2. The summed E-state index contributed by atoms with van der Waals surface area (Å²) in [5.41, 5.74) is 2.21. The Balaban J connectivity index is 1.40. The minimum atomic E-state index is -4.74. The van der Waals surface area contributed by atoms with Crippen LogP contribution in [0.15, 0.2) is 70.2 Å². The third-order valence-electron chi connectivity index (χ3n) is 6.08. The normalized spacial score (nSPS) is 12.3. The summed E-state index contributed by atoms with van der Waals surface area (Å²) in [7, 11) is -3.34. The van der Waals surface area contributed by atoms with Gasteiger partial charge in [-0.2, -0.15) is 13.2 Å². The van der Waals surface area contributed by atoms with Gasteiger partial charge in [0.05, 0.1) is 28.2 Å². The first kappa shape index (κ1) is 25.4. The number of imidazole rings is 1. The Morgan fingerprint density at radius 1 is 1.03 bits per heavy atom. The van der Waals surface area contributed by atoms with Crippen LogP contribution in [0.2, 0.25) is 0 Å². The van der Waals surface area contributed by atoms with Crippen LogP contribution in [0.1, 0.15) is 34.2 Å². The minimum absolute atomic E-state index is 0.00422. The van der Waals surface area contributed by atoms with Gasteiger partial charge in [-0.1, -0.05) is 31.2 Å². The fourth-order valence-electron chi connectivity index (χ4n) is 4.07. The van der Waals surface area contributed by atoms with E-state index in [1.54, 1.807) is 37.3 Å². The van der Waals surface area contributed by atoms with E-state index in [2.05, 4.69) is 20.6 Å². The van der Waals surface area contributed by atoms with E-state index in [-0.39, 0.29) is 40.3 Å². The molecule has 2 aromatic heterocycles. The number of carbonyl (C=O) groups is 1. The Bertz CT molecular complexity index is 1760. The molecule has 0 aliphatic carbocycles. The maximum absolute atomic E-state index is 13.9. The highest BCUT2D eigenvalue weighted by molar-refractivity contribution is 7.91. The van der Waals surface area contributed by atoms with Crippen molar-refractivity contribution in [3.8, 4) is 0 Å². The van der Waals surface area contributed by atoms with Crippen LogP contribution in [0.4, 0.5) is 13.2 Å². The van der Waals surface area contributed by atoms with E-state index in [0.29, 0.717) is 22.2 Å². The third-order valence-corrected chi connectivity index (χ3v) is 7.83. The molecule has 2 heterocycles. The molecule has 0 aliphatic heterocycles.